The van der Waals surface area contributed by atoms with Gasteiger partial charge in [-0.05, 0) is 43.4 Å². The van der Waals surface area contributed by atoms with Gasteiger partial charge in [-0.3, -0.25) is 9.78 Å². The summed E-state index contributed by atoms with van der Waals surface area (Å²) < 4.78 is 0. The lowest BCUT2D eigenvalue weighted by atomic mass is 9.97. The van der Waals surface area contributed by atoms with E-state index in [1.807, 2.05) is 11.8 Å². The van der Waals surface area contributed by atoms with E-state index in [0.29, 0.717) is 17.8 Å². The number of nitrogens with zero attached hydrogens (tertiary/aromatic N) is 1. The van der Waals surface area contributed by atoms with E-state index in [4.69, 9.17) is 0 Å². The Balaban J connectivity index is 1.94. The summed E-state index contributed by atoms with van der Waals surface area (Å²) in [6.45, 7) is 2.13. The first-order valence-electron chi connectivity index (χ1n) is 6.11. The van der Waals surface area contributed by atoms with Crippen LogP contribution in [-0.2, 0) is 0 Å². The average Bonchev–Trinajstić information content (AvgIpc) is 2.38. The number of hydrogen-bond donors (Lipinski definition) is 2. The maximum absolute atomic E-state index is 12.0. The molecule has 2 rings (SSSR count). The molecule has 0 aromatic carbocycles. The smallest absolute Gasteiger partial charge is 0.253 e. The highest BCUT2D eigenvalue weighted by molar-refractivity contribution is 7.99. The number of aromatic nitrogens is 1. The lowest BCUT2D eigenvalue weighted by Gasteiger charge is -2.31. The summed E-state index contributed by atoms with van der Waals surface area (Å²) in [6, 6.07) is 3.49. The van der Waals surface area contributed by atoms with Crippen molar-refractivity contribution in [1.29, 1.82) is 0 Å². The second kappa shape index (κ2) is 5.71. The van der Waals surface area contributed by atoms with Crippen molar-refractivity contribution in [3.05, 3.63) is 29.6 Å². The zero-order valence-electron chi connectivity index (χ0n) is 10.5. The van der Waals surface area contributed by atoms with E-state index in [9.17, 15) is 9.90 Å². The summed E-state index contributed by atoms with van der Waals surface area (Å²) >= 11 is 1.85. The molecular weight excluding hydrogens is 248 g/mol. The van der Waals surface area contributed by atoms with E-state index in [1.165, 1.54) is 0 Å². The van der Waals surface area contributed by atoms with Gasteiger partial charge in [-0.25, -0.2) is 0 Å². The summed E-state index contributed by atoms with van der Waals surface area (Å²) in [5.41, 5.74) is 0.546. The number of carbonyl (C=O) groups excluding carboxylic acids is 1. The Morgan fingerprint density at radius 1 is 1.56 bits per heavy atom. The van der Waals surface area contributed by atoms with Crippen molar-refractivity contribution in [2.24, 2.45) is 0 Å². The van der Waals surface area contributed by atoms with Crippen LogP contribution < -0.4 is 5.32 Å². The summed E-state index contributed by atoms with van der Waals surface area (Å²) in [6.07, 6.45) is 3.14. The van der Waals surface area contributed by atoms with E-state index in [-0.39, 0.29) is 5.91 Å². The zero-order valence-corrected chi connectivity index (χ0v) is 11.3. The Morgan fingerprint density at radius 2 is 2.28 bits per heavy atom. The van der Waals surface area contributed by atoms with Gasteiger partial charge in [-0.2, -0.15) is 11.8 Å². The van der Waals surface area contributed by atoms with Gasteiger partial charge in [-0.15, -0.1) is 0 Å². The van der Waals surface area contributed by atoms with Crippen molar-refractivity contribution < 1.29 is 9.90 Å². The molecule has 1 fully saturated rings. The molecule has 1 amide bonds. The van der Waals surface area contributed by atoms with E-state index < -0.39 is 5.60 Å². The van der Waals surface area contributed by atoms with Crippen LogP contribution in [0.2, 0.25) is 0 Å². The van der Waals surface area contributed by atoms with Gasteiger partial charge >= 0.3 is 0 Å². The summed E-state index contributed by atoms with van der Waals surface area (Å²) in [4.78, 5) is 16.1. The summed E-state index contributed by atoms with van der Waals surface area (Å²) in [7, 11) is 0. The first-order valence-corrected chi connectivity index (χ1v) is 7.26. The van der Waals surface area contributed by atoms with E-state index in [1.54, 1.807) is 25.3 Å². The number of nitrogens with one attached hydrogen (secondary N) is 1. The standard InChI is InChI=1S/C13H18N2O2S/c1-10-11(3-2-6-14-10)12(16)15-9-13(17)4-7-18-8-5-13/h2-3,6,17H,4-5,7-9H2,1H3,(H,15,16). The minimum Gasteiger partial charge on any atom is -0.388 e. The summed E-state index contributed by atoms with van der Waals surface area (Å²) in [5.74, 6) is 1.75. The number of pyridine rings is 1. The van der Waals surface area contributed by atoms with Crippen LogP contribution in [0.3, 0.4) is 0 Å². The van der Waals surface area contributed by atoms with Crippen LogP contribution in [0.5, 0.6) is 0 Å². The lowest BCUT2D eigenvalue weighted by molar-refractivity contribution is 0.0311. The molecule has 0 aliphatic carbocycles. The highest BCUT2D eigenvalue weighted by Crippen LogP contribution is 2.26. The van der Waals surface area contributed by atoms with Gasteiger partial charge in [0.15, 0.2) is 0 Å². The topological polar surface area (TPSA) is 62.2 Å². The van der Waals surface area contributed by atoms with Gasteiger partial charge in [0.05, 0.1) is 11.2 Å². The molecule has 1 aliphatic heterocycles. The molecule has 1 saturated heterocycles. The van der Waals surface area contributed by atoms with E-state index in [2.05, 4.69) is 10.3 Å². The number of rotatable bonds is 3. The first-order chi connectivity index (χ1) is 8.61. The second-order valence-electron chi connectivity index (χ2n) is 4.66. The minimum atomic E-state index is -0.739. The van der Waals surface area contributed by atoms with Crippen molar-refractivity contribution in [2.45, 2.75) is 25.4 Å². The predicted molar refractivity (Wildman–Crippen MR) is 72.8 cm³/mol. The molecule has 2 heterocycles. The fraction of sp³-hybridized carbons (Fsp3) is 0.538. The fourth-order valence-corrected chi connectivity index (χ4v) is 3.25. The molecule has 1 aliphatic rings. The van der Waals surface area contributed by atoms with Gasteiger partial charge in [0.25, 0.3) is 5.91 Å². The quantitative estimate of drug-likeness (QED) is 0.867. The number of aliphatic hydroxyl groups is 1. The molecule has 0 radical (unpaired) electrons. The molecule has 1 aromatic heterocycles. The number of hydrogen-bond acceptors (Lipinski definition) is 4. The third kappa shape index (κ3) is 3.23. The van der Waals surface area contributed by atoms with E-state index >= 15 is 0 Å². The predicted octanol–water partition coefficient (Wildman–Crippen LogP) is 1.38. The van der Waals surface area contributed by atoms with Crippen LogP contribution in [0.15, 0.2) is 18.3 Å². The molecule has 0 spiro atoms. The van der Waals surface area contributed by atoms with Crippen LogP contribution in [0.1, 0.15) is 28.9 Å². The Bertz CT molecular complexity index is 431. The first kappa shape index (κ1) is 13.4. The number of aryl methyl sites for hydroxylation is 1. The number of thioether (sulfide) groups is 1. The second-order valence-corrected chi connectivity index (χ2v) is 5.88. The number of amides is 1. The van der Waals surface area contributed by atoms with Crippen LogP contribution in [0, 0.1) is 6.92 Å². The van der Waals surface area contributed by atoms with E-state index in [0.717, 1.165) is 24.3 Å². The van der Waals surface area contributed by atoms with Crippen LogP contribution >= 0.6 is 11.8 Å². The Labute approximate surface area is 111 Å². The Kier molecular flexibility index (Phi) is 4.24. The monoisotopic (exact) mass is 266 g/mol. The van der Waals surface area contributed by atoms with Crippen molar-refractivity contribution in [3.63, 3.8) is 0 Å². The molecule has 0 atom stereocenters. The normalized spacial score (nSPS) is 18.3. The molecule has 18 heavy (non-hydrogen) atoms. The largest absolute Gasteiger partial charge is 0.388 e. The molecule has 0 bridgehead atoms. The third-order valence-electron chi connectivity index (χ3n) is 3.25. The molecular formula is C13H18N2O2S. The van der Waals surface area contributed by atoms with Gasteiger partial charge in [0.2, 0.25) is 0 Å². The third-order valence-corrected chi connectivity index (χ3v) is 4.24. The van der Waals surface area contributed by atoms with Crippen LogP contribution in [-0.4, -0.2) is 39.6 Å². The minimum absolute atomic E-state index is 0.160. The average molecular weight is 266 g/mol. The molecule has 4 nitrogen and oxygen atoms in total. The highest BCUT2D eigenvalue weighted by atomic mass is 32.2. The maximum atomic E-state index is 12.0. The van der Waals surface area contributed by atoms with Gasteiger partial charge < -0.3 is 10.4 Å². The Morgan fingerprint density at radius 3 is 2.94 bits per heavy atom. The van der Waals surface area contributed by atoms with Crippen LogP contribution in [0.4, 0.5) is 0 Å². The number of carbonyl (C=O) groups is 1. The van der Waals surface area contributed by atoms with Gasteiger partial charge in [0, 0.05) is 18.4 Å². The fourth-order valence-electron chi connectivity index (χ4n) is 1.99. The molecule has 2 N–H and O–H groups in total. The molecule has 0 unspecified atom stereocenters. The van der Waals surface area contributed by atoms with Crippen molar-refractivity contribution >= 4 is 17.7 Å². The van der Waals surface area contributed by atoms with Crippen molar-refractivity contribution in [3.8, 4) is 0 Å². The molecule has 0 saturated carbocycles. The van der Waals surface area contributed by atoms with Gasteiger partial charge in [-0.1, -0.05) is 0 Å². The maximum Gasteiger partial charge on any atom is 0.253 e. The zero-order chi connectivity index (χ0) is 13.0. The van der Waals surface area contributed by atoms with Gasteiger partial charge in [0.1, 0.15) is 0 Å². The summed E-state index contributed by atoms with van der Waals surface area (Å²) in [5, 5.41) is 13.1. The SMILES string of the molecule is Cc1ncccc1C(=O)NCC1(O)CCSCC1. The van der Waals surface area contributed by atoms with Crippen molar-refractivity contribution in [2.75, 3.05) is 18.1 Å². The molecule has 1 aromatic rings. The lowest BCUT2D eigenvalue weighted by Crippen LogP contribution is -2.45. The highest BCUT2D eigenvalue weighted by Gasteiger charge is 2.30. The van der Waals surface area contributed by atoms with Crippen molar-refractivity contribution in [1.82, 2.24) is 10.3 Å². The molecule has 5 heteroatoms. The molecule has 98 valence electrons. The Hall–Kier alpha value is -1.07. The van der Waals surface area contributed by atoms with Crippen LogP contribution in [0.25, 0.3) is 0 Å².